The van der Waals surface area contributed by atoms with Gasteiger partial charge in [0, 0.05) is 28.6 Å². The topological polar surface area (TPSA) is 65.6 Å². The van der Waals surface area contributed by atoms with Gasteiger partial charge in [0.15, 0.2) is 5.88 Å². The summed E-state index contributed by atoms with van der Waals surface area (Å²) in [5, 5.41) is 32.3. The van der Waals surface area contributed by atoms with Crippen LogP contribution in [0.15, 0.2) is 28.0 Å². The van der Waals surface area contributed by atoms with Crippen LogP contribution in [0.25, 0.3) is 0 Å². The van der Waals surface area contributed by atoms with E-state index in [0.29, 0.717) is 17.2 Å². The zero-order chi connectivity index (χ0) is 26.2. The van der Waals surface area contributed by atoms with E-state index >= 15 is 0 Å². The maximum absolute atomic E-state index is 11.0. The lowest BCUT2D eigenvalue weighted by molar-refractivity contribution is 0.357. The first kappa shape index (κ1) is 29.5. The number of hydrogen-bond acceptors (Lipinski definition) is 4. The quantitative estimate of drug-likeness (QED) is 0.238. The predicted octanol–water partition coefficient (Wildman–Crippen LogP) is 9.27. The molecule has 1 aromatic carbocycles. The van der Waals surface area contributed by atoms with Gasteiger partial charge in [0.2, 0.25) is 5.88 Å². The lowest BCUT2D eigenvalue weighted by Crippen LogP contribution is -2.17. The molecule has 0 fully saturated rings. The number of phenols is 1. The molecule has 0 bridgehead atoms. The standard InChI is InChI=1S/C30H49NO3S/c1-8-9-10-11-12-13-14-15-16-17-18-31-26(32)21-25(28(31)34)35-22-19-23(29(2,3)4)27(33)24(20-22)30(5,6)7/h19-21,32-34H,8-18H2,1-7H3. The lowest BCUT2D eigenvalue weighted by atomic mass is 9.79. The number of unbranched alkanes of at least 4 members (excludes halogenated alkanes) is 9. The summed E-state index contributed by atoms with van der Waals surface area (Å²) in [7, 11) is 0. The predicted molar refractivity (Wildman–Crippen MR) is 149 cm³/mol. The Bertz CT molecular complexity index is 899. The van der Waals surface area contributed by atoms with Gasteiger partial charge in [-0.15, -0.1) is 0 Å². The second kappa shape index (κ2) is 13.0. The van der Waals surface area contributed by atoms with Crippen LogP contribution >= 0.6 is 11.8 Å². The van der Waals surface area contributed by atoms with Gasteiger partial charge in [0.05, 0.1) is 4.90 Å². The lowest BCUT2D eigenvalue weighted by Gasteiger charge is -2.28. The molecule has 0 atom stereocenters. The molecule has 0 aliphatic rings. The Morgan fingerprint density at radius 2 is 1.14 bits per heavy atom. The highest BCUT2D eigenvalue weighted by Crippen LogP contribution is 2.45. The summed E-state index contributed by atoms with van der Waals surface area (Å²) in [6.45, 7) is 15.4. The molecular weight excluding hydrogens is 454 g/mol. The third kappa shape index (κ3) is 8.70. The normalized spacial score (nSPS) is 12.4. The van der Waals surface area contributed by atoms with E-state index < -0.39 is 0 Å². The molecule has 198 valence electrons. The minimum Gasteiger partial charge on any atom is -0.507 e. The summed E-state index contributed by atoms with van der Waals surface area (Å²) < 4.78 is 1.61. The number of phenolic OH excluding ortho intramolecular Hbond substituents is 1. The number of benzene rings is 1. The monoisotopic (exact) mass is 503 g/mol. The van der Waals surface area contributed by atoms with E-state index in [4.69, 9.17) is 0 Å². The van der Waals surface area contributed by atoms with Crippen molar-refractivity contribution in [3.05, 3.63) is 29.3 Å². The van der Waals surface area contributed by atoms with Gasteiger partial charge in [-0.1, -0.05) is 118 Å². The van der Waals surface area contributed by atoms with Crippen LogP contribution in [-0.2, 0) is 17.4 Å². The molecule has 4 nitrogen and oxygen atoms in total. The van der Waals surface area contributed by atoms with Crippen LogP contribution in [0.5, 0.6) is 17.5 Å². The number of nitrogens with zero attached hydrogens (tertiary/aromatic N) is 1. The van der Waals surface area contributed by atoms with Crippen LogP contribution in [0.1, 0.15) is 124 Å². The third-order valence-corrected chi connectivity index (χ3v) is 7.67. The molecule has 3 N–H and O–H groups in total. The van der Waals surface area contributed by atoms with Gasteiger partial charge in [-0.2, -0.15) is 0 Å². The minimum absolute atomic E-state index is 0.104. The van der Waals surface area contributed by atoms with Crippen molar-refractivity contribution >= 4 is 11.8 Å². The highest BCUT2D eigenvalue weighted by Gasteiger charge is 2.27. The molecule has 0 amide bonds. The Hall–Kier alpha value is -1.75. The number of hydrogen-bond donors (Lipinski definition) is 3. The van der Waals surface area contributed by atoms with Gasteiger partial charge in [-0.05, 0) is 29.4 Å². The molecule has 0 spiro atoms. The molecule has 0 aliphatic heterocycles. The molecule has 0 radical (unpaired) electrons. The molecule has 5 heteroatoms. The fourth-order valence-electron chi connectivity index (χ4n) is 4.49. The molecular formula is C30H49NO3S. The van der Waals surface area contributed by atoms with Gasteiger partial charge >= 0.3 is 0 Å². The van der Waals surface area contributed by atoms with E-state index in [-0.39, 0.29) is 22.6 Å². The van der Waals surface area contributed by atoms with Crippen molar-refractivity contribution < 1.29 is 15.3 Å². The van der Waals surface area contributed by atoms with Crippen molar-refractivity contribution in [2.24, 2.45) is 0 Å². The Morgan fingerprint density at radius 1 is 0.686 bits per heavy atom. The maximum atomic E-state index is 11.0. The molecule has 1 heterocycles. The second-order valence-corrected chi connectivity index (χ2v) is 13.1. The highest BCUT2D eigenvalue weighted by molar-refractivity contribution is 7.99. The summed E-state index contributed by atoms with van der Waals surface area (Å²) in [5.41, 5.74) is 1.35. The zero-order valence-electron chi connectivity index (χ0n) is 23.2. The molecule has 2 aromatic rings. The second-order valence-electron chi connectivity index (χ2n) is 12.0. The van der Waals surface area contributed by atoms with Crippen molar-refractivity contribution in [2.45, 2.75) is 140 Å². The summed E-state index contributed by atoms with van der Waals surface area (Å²) in [6, 6.07) is 5.66. The van der Waals surface area contributed by atoms with Crippen molar-refractivity contribution in [1.29, 1.82) is 0 Å². The Morgan fingerprint density at radius 3 is 1.60 bits per heavy atom. The highest BCUT2D eigenvalue weighted by atomic mass is 32.2. The Kier molecular flexibility index (Phi) is 10.9. The number of rotatable bonds is 13. The van der Waals surface area contributed by atoms with Crippen LogP contribution in [0.4, 0.5) is 0 Å². The smallest absolute Gasteiger partial charge is 0.208 e. The molecule has 0 saturated carbocycles. The Balaban J connectivity index is 2.02. The minimum atomic E-state index is -0.216. The first-order chi connectivity index (χ1) is 16.4. The maximum Gasteiger partial charge on any atom is 0.208 e. The fourth-order valence-corrected chi connectivity index (χ4v) is 5.46. The van der Waals surface area contributed by atoms with Crippen LogP contribution in [0, 0.1) is 0 Å². The molecule has 35 heavy (non-hydrogen) atoms. The van der Waals surface area contributed by atoms with Crippen LogP contribution < -0.4 is 0 Å². The first-order valence-electron chi connectivity index (χ1n) is 13.5. The summed E-state index contributed by atoms with van der Waals surface area (Å²) in [5.74, 6) is 0.567. The van der Waals surface area contributed by atoms with Gasteiger partial charge in [0.25, 0.3) is 0 Å². The molecule has 0 aliphatic carbocycles. The number of aromatic hydroxyl groups is 3. The molecule has 1 aromatic heterocycles. The van der Waals surface area contributed by atoms with Gasteiger partial charge in [-0.25, -0.2) is 0 Å². The Labute approximate surface area is 218 Å². The average molecular weight is 504 g/mol. The molecule has 0 unspecified atom stereocenters. The van der Waals surface area contributed by atoms with Gasteiger partial charge in [-0.3, -0.25) is 4.57 Å². The SMILES string of the molecule is CCCCCCCCCCCCn1c(O)cc(Sc2cc(C(C)(C)C)c(O)c(C(C)(C)C)c2)c1O. The fraction of sp³-hybridized carbons (Fsp3) is 0.667. The van der Waals surface area contributed by atoms with Crippen LogP contribution in [0.3, 0.4) is 0 Å². The third-order valence-electron chi connectivity index (χ3n) is 6.68. The van der Waals surface area contributed by atoms with Gasteiger partial charge < -0.3 is 15.3 Å². The van der Waals surface area contributed by atoms with Crippen molar-refractivity contribution in [3.8, 4) is 17.5 Å². The zero-order valence-corrected chi connectivity index (χ0v) is 24.0. The summed E-state index contributed by atoms with van der Waals surface area (Å²) in [4.78, 5) is 1.59. The summed E-state index contributed by atoms with van der Waals surface area (Å²) >= 11 is 1.43. The average Bonchev–Trinajstić information content (AvgIpc) is 3.01. The summed E-state index contributed by atoms with van der Waals surface area (Å²) in [6.07, 6.45) is 12.5. The van der Waals surface area contributed by atoms with Crippen LogP contribution in [0.2, 0.25) is 0 Å². The van der Waals surface area contributed by atoms with E-state index in [1.54, 1.807) is 10.6 Å². The van der Waals surface area contributed by atoms with E-state index in [9.17, 15) is 15.3 Å². The van der Waals surface area contributed by atoms with E-state index in [1.807, 2.05) is 12.1 Å². The van der Waals surface area contributed by atoms with Crippen molar-refractivity contribution in [1.82, 2.24) is 4.57 Å². The number of aromatic nitrogens is 1. The van der Waals surface area contributed by atoms with E-state index in [2.05, 4.69) is 48.5 Å². The van der Waals surface area contributed by atoms with Gasteiger partial charge in [0.1, 0.15) is 5.75 Å². The molecule has 0 saturated heterocycles. The first-order valence-corrected chi connectivity index (χ1v) is 14.3. The van der Waals surface area contributed by atoms with E-state index in [0.717, 1.165) is 28.9 Å². The molecule has 2 rings (SSSR count). The van der Waals surface area contributed by atoms with Crippen LogP contribution in [-0.4, -0.2) is 19.9 Å². The van der Waals surface area contributed by atoms with Crippen molar-refractivity contribution in [2.75, 3.05) is 0 Å². The largest absolute Gasteiger partial charge is 0.507 e. The van der Waals surface area contributed by atoms with Crippen molar-refractivity contribution in [3.63, 3.8) is 0 Å². The van der Waals surface area contributed by atoms with E-state index in [1.165, 1.54) is 63.1 Å².